The number of aromatic nitrogens is 2. The fourth-order valence-corrected chi connectivity index (χ4v) is 1.52. The molecule has 0 aromatic carbocycles. The molecule has 0 atom stereocenters. The van der Waals surface area contributed by atoms with Crippen molar-refractivity contribution in [3.63, 3.8) is 0 Å². The minimum absolute atomic E-state index is 0.0820. The molecule has 0 unspecified atom stereocenters. The zero-order valence-corrected chi connectivity index (χ0v) is 8.01. The zero-order valence-electron chi connectivity index (χ0n) is 6.44. The van der Waals surface area contributed by atoms with Gasteiger partial charge in [-0.15, -0.1) is 0 Å². The minimum atomic E-state index is 0.0820. The van der Waals surface area contributed by atoms with Gasteiger partial charge in [-0.3, -0.25) is 0 Å². The molecule has 0 fully saturated rings. The third kappa shape index (κ3) is 2.28. The van der Waals surface area contributed by atoms with E-state index in [2.05, 4.69) is 8.75 Å². The highest BCUT2D eigenvalue weighted by Crippen LogP contribution is 2.21. The van der Waals surface area contributed by atoms with E-state index >= 15 is 0 Å². The van der Waals surface area contributed by atoms with Crippen molar-refractivity contribution in [1.29, 1.82) is 10.5 Å². The Hall–Kier alpha value is -1.37. The Morgan fingerprint density at radius 3 is 2.31 bits per heavy atom. The highest BCUT2D eigenvalue weighted by molar-refractivity contribution is 6.99. The SMILES string of the molecule is N#CCN(CC#N)c1nsnc1Cl. The molecule has 1 rings (SSSR count). The second kappa shape index (κ2) is 4.61. The van der Waals surface area contributed by atoms with Crippen LogP contribution < -0.4 is 4.90 Å². The lowest BCUT2D eigenvalue weighted by Crippen LogP contribution is -2.24. The van der Waals surface area contributed by atoms with Crippen LogP contribution in [0.4, 0.5) is 5.82 Å². The van der Waals surface area contributed by atoms with Gasteiger partial charge >= 0.3 is 0 Å². The largest absolute Gasteiger partial charge is 0.327 e. The summed E-state index contributed by atoms with van der Waals surface area (Å²) in [7, 11) is 0. The second-order valence-corrected chi connectivity index (χ2v) is 2.94. The lowest BCUT2D eigenvalue weighted by atomic mass is 10.5. The fraction of sp³-hybridized carbons (Fsp3) is 0.333. The predicted octanol–water partition coefficient (Wildman–Crippen LogP) is 1.05. The normalized spacial score (nSPS) is 8.85. The first-order valence-electron chi connectivity index (χ1n) is 3.26. The maximum absolute atomic E-state index is 8.46. The minimum Gasteiger partial charge on any atom is -0.327 e. The lowest BCUT2D eigenvalue weighted by molar-refractivity contribution is 0.948. The van der Waals surface area contributed by atoms with E-state index in [4.69, 9.17) is 22.1 Å². The molecular weight excluding hydrogens is 210 g/mol. The van der Waals surface area contributed by atoms with E-state index in [1.807, 2.05) is 12.1 Å². The highest BCUT2D eigenvalue weighted by Gasteiger charge is 2.13. The van der Waals surface area contributed by atoms with Crippen molar-refractivity contribution in [2.24, 2.45) is 0 Å². The summed E-state index contributed by atoms with van der Waals surface area (Å²) in [6.07, 6.45) is 0. The van der Waals surface area contributed by atoms with Crippen LogP contribution in [0.5, 0.6) is 0 Å². The summed E-state index contributed by atoms with van der Waals surface area (Å²) in [6, 6.07) is 3.84. The standard InChI is InChI=1S/C6H4ClN5S/c7-5-6(11-13-10-5)12(3-1-8)4-2-9/h3-4H2. The topological polar surface area (TPSA) is 76.6 Å². The molecule has 0 aliphatic heterocycles. The molecule has 0 radical (unpaired) electrons. The molecule has 0 spiro atoms. The van der Waals surface area contributed by atoms with E-state index in [0.29, 0.717) is 5.82 Å². The van der Waals surface area contributed by atoms with E-state index in [9.17, 15) is 0 Å². The van der Waals surface area contributed by atoms with Crippen molar-refractivity contribution in [2.75, 3.05) is 18.0 Å². The fourth-order valence-electron chi connectivity index (χ4n) is 0.738. The average Bonchev–Trinajstić information content (AvgIpc) is 2.51. The Bertz CT molecular complexity index is 346. The summed E-state index contributed by atoms with van der Waals surface area (Å²) in [5.74, 6) is 0.398. The van der Waals surface area contributed by atoms with Gasteiger partial charge < -0.3 is 4.90 Å². The molecule has 0 aliphatic carbocycles. The molecule has 0 saturated carbocycles. The van der Waals surface area contributed by atoms with E-state index in [1.54, 1.807) is 0 Å². The molecule has 66 valence electrons. The van der Waals surface area contributed by atoms with Crippen molar-refractivity contribution in [3.8, 4) is 12.1 Å². The van der Waals surface area contributed by atoms with Gasteiger partial charge in [0.15, 0.2) is 11.0 Å². The molecule has 0 aliphatic rings. The third-order valence-electron chi connectivity index (χ3n) is 1.26. The van der Waals surface area contributed by atoms with E-state index in [-0.39, 0.29) is 18.2 Å². The number of halogens is 1. The Labute approximate surface area is 84.1 Å². The maximum Gasteiger partial charge on any atom is 0.187 e. The number of rotatable bonds is 3. The average molecular weight is 214 g/mol. The molecule has 1 heterocycles. The van der Waals surface area contributed by atoms with Crippen molar-refractivity contribution in [2.45, 2.75) is 0 Å². The van der Waals surface area contributed by atoms with Gasteiger partial charge in [0.2, 0.25) is 0 Å². The quantitative estimate of drug-likeness (QED) is 0.702. The van der Waals surface area contributed by atoms with Crippen LogP contribution >= 0.6 is 23.3 Å². The van der Waals surface area contributed by atoms with E-state index in [0.717, 1.165) is 11.7 Å². The number of anilines is 1. The Morgan fingerprint density at radius 1 is 1.31 bits per heavy atom. The number of nitrogens with zero attached hydrogens (tertiary/aromatic N) is 5. The van der Waals surface area contributed by atoms with Crippen LogP contribution in [-0.2, 0) is 0 Å². The third-order valence-corrected chi connectivity index (χ3v) is 2.13. The van der Waals surface area contributed by atoms with Gasteiger partial charge in [0.05, 0.1) is 23.9 Å². The van der Waals surface area contributed by atoms with Gasteiger partial charge in [0.25, 0.3) is 0 Å². The van der Waals surface area contributed by atoms with Crippen molar-refractivity contribution in [3.05, 3.63) is 5.15 Å². The summed E-state index contributed by atoms with van der Waals surface area (Å²) in [6.45, 7) is 0.164. The summed E-state index contributed by atoms with van der Waals surface area (Å²) in [5, 5.41) is 17.2. The van der Waals surface area contributed by atoms with Crippen LogP contribution in [0.1, 0.15) is 0 Å². The predicted molar refractivity (Wildman–Crippen MR) is 48.4 cm³/mol. The lowest BCUT2D eigenvalue weighted by Gasteiger charge is -2.13. The number of hydrogen-bond donors (Lipinski definition) is 0. The smallest absolute Gasteiger partial charge is 0.187 e. The summed E-state index contributed by atoms with van der Waals surface area (Å²) < 4.78 is 7.61. The molecule has 1 aromatic heterocycles. The summed E-state index contributed by atoms with van der Waals surface area (Å²) >= 11 is 6.64. The molecule has 1 aromatic rings. The molecule has 0 saturated heterocycles. The van der Waals surface area contributed by atoms with Crippen LogP contribution in [0.3, 0.4) is 0 Å². The monoisotopic (exact) mass is 213 g/mol. The van der Waals surface area contributed by atoms with Crippen LogP contribution in [0.25, 0.3) is 0 Å². The first kappa shape index (κ1) is 9.72. The molecular formula is C6H4ClN5S. The number of hydrogen-bond acceptors (Lipinski definition) is 6. The number of nitriles is 2. The van der Waals surface area contributed by atoms with Crippen LogP contribution in [0, 0.1) is 22.7 Å². The summed E-state index contributed by atoms with van der Waals surface area (Å²) in [4.78, 5) is 1.46. The van der Waals surface area contributed by atoms with Gasteiger partial charge in [-0.1, -0.05) is 11.6 Å². The van der Waals surface area contributed by atoms with Crippen molar-refractivity contribution < 1.29 is 0 Å². The maximum atomic E-state index is 8.46. The first-order chi connectivity index (χ1) is 6.29. The van der Waals surface area contributed by atoms with Crippen LogP contribution in [0.15, 0.2) is 0 Å². The molecule has 0 bridgehead atoms. The summed E-state index contributed by atoms with van der Waals surface area (Å²) in [5.41, 5.74) is 0. The highest BCUT2D eigenvalue weighted by atomic mass is 35.5. The first-order valence-corrected chi connectivity index (χ1v) is 4.37. The van der Waals surface area contributed by atoms with Crippen LogP contribution in [0.2, 0.25) is 5.15 Å². The molecule has 0 N–H and O–H groups in total. The van der Waals surface area contributed by atoms with Crippen molar-refractivity contribution in [1.82, 2.24) is 8.75 Å². The van der Waals surface area contributed by atoms with Crippen molar-refractivity contribution >= 4 is 29.1 Å². The van der Waals surface area contributed by atoms with E-state index < -0.39 is 0 Å². The second-order valence-electron chi connectivity index (χ2n) is 2.05. The molecule has 13 heavy (non-hydrogen) atoms. The van der Waals surface area contributed by atoms with Gasteiger partial charge in [0.1, 0.15) is 13.1 Å². The van der Waals surface area contributed by atoms with Gasteiger partial charge in [-0.2, -0.15) is 19.3 Å². The van der Waals surface area contributed by atoms with Crippen LogP contribution in [-0.4, -0.2) is 21.8 Å². The van der Waals surface area contributed by atoms with Gasteiger partial charge in [-0.05, 0) is 0 Å². The van der Waals surface area contributed by atoms with Gasteiger partial charge in [-0.25, -0.2) is 0 Å². The van der Waals surface area contributed by atoms with E-state index in [1.165, 1.54) is 4.90 Å². The zero-order chi connectivity index (χ0) is 9.68. The Balaban J connectivity index is 2.84. The molecule has 5 nitrogen and oxygen atoms in total. The molecule has 0 amide bonds. The molecule has 7 heteroatoms. The van der Waals surface area contributed by atoms with Gasteiger partial charge in [0, 0.05) is 0 Å². The Kier molecular flexibility index (Phi) is 3.44. The Morgan fingerprint density at radius 2 is 1.92 bits per heavy atom.